The summed E-state index contributed by atoms with van der Waals surface area (Å²) in [6, 6.07) is 8.07. The van der Waals surface area contributed by atoms with Crippen LogP contribution in [-0.4, -0.2) is 37.0 Å². The Balaban J connectivity index is 1.96. The lowest BCUT2D eigenvalue weighted by molar-refractivity contribution is 0.0916. The molecule has 1 amide bonds. The van der Waals surface area contributed by atoms with Gasteiger partial charge in [-0.1, -0.05) is 18.2 Å². The lowest BCUT2D eigenvalue weighted by Crippen LogP contribution is -2.43. The molecule has 1 N–H and O–H groups in total. The first-order valence-electron chi connectivity index (χ1n) is 6.22. The van der Waals surface area contributed by atoms with E-state index in [2.05, 4.69) is 17.3 Å². The highest BCUT2D eigenvalue weighted by atomic mass is 16.1. The van der Waals surface area contributed by atoms with E-state index in [1.54, 1.807) is 0 Å². The topological polar surface area (TPSA) is 32.3 Å². The van der Waals surface area contributed by atoms with Gasteiger partial charge in [-0.3, -0.25) is 4.79 Å². The summed E-state index contributed by atoms with van der Waals surface area (Å²) in [4.78, 5) is 14.4. The summed E-state index contributed by atoms with van der Waals surface area (Å²) in [5, 5.41) is 3.13. The fourth-order valence-electron chi connectivity index (χ4n) is 2.24. The summed E-state index contributed by atoms with van der Waals surface area (Å²) < 4.78 is 0. The third kappa shape index (κ3) is 3.07. The number of carbonyl (C=O) groups is 1. The summed E-state index contributed by atoms with van der Waals surface area (Å²) in [5.41, 5.74) is 1.84. The number of likely N-dealkylation sites (tertiary alicyclic amines) is 1. The van der Waals surface area contributed by atoms with E-state index < -0.39 is 0 Å². The third-order valence-electron chi connectivity index (χ3n) is 3.44. The Morgan fingerprint density at radius 2 is 1.94 bits per heavy atom. The summed E-state index contributed by atoms with van der Waals surface area (Å²) in [6.45, 7) is 4.11. The van der Waals surface area contributed by atoms with Crippen molar-refractivity contribution in [2.75, 3.05) is 20.1 Å². The first kappa shape index (κ1) is 12.1. The van der Waals surface area contributed by atoms with Crippen molar-refractivity contribution in [2.45, 2.75) is 25.8 Å². The Hall–Kier alpha value is -1.35. The van der Waals surface area contributed by atoms with Gasteiger partial charge in [0.1, 0.15) is 0 Å². The van der Waals surface area contributed by atoms with Crippen molar-refractivity contribution in [1.82, 2.24) is 10.2 Å². The molecule has 92 valence electrons. The molecule has 0 aromatic heterocycles. The molecule has 3 heteroatoms. The Kier molecular flexibility index (Phi) is 3.79. The van der Waals surface area contributed by atoms with Crippen LogP contribution in [0.15, 0.2) is 24.3 Å². The fourth-order valence-corrected chi connectivity index (χ4v) is 2.24. The van der Waals surface area contributed by atoms with Crippen LogP contribution < -0.4 is 5.32 Å². The summed E-state index contributed by atoms with van der Waals surface area (Å²) in [7, 11) is 2.12. The summed E-state index contributed by atoms with van der Waals surface area (Å²) >= 11 is 0. The Bertz CT molecular complexity index is 395. The van der Waals surface area contributed by atoms with Gasteiger partial charge < -0.3 is 10.2 Å². The predicted molar refractivity (Wildman–Crippen MR) is 69.2 cm³/mol. The van der Waals surface area contributed by atoms with E-state index in [1.165, 1.54) is 0 Å². The Morgan fingerprint density at radius 1 is 1.29 bits per heavy atom. The Morgan fingerprint density at radius 3 is 2.59 bits per heavy atom. The van der Waals surface area contributed by atoms with Crippen molar-refractivity contribution in [2.24, 2.45) is 0 Å². The first-order chi connectivity index (χ1) is 8.16. The van der Waals surface area contributed by atoms with Crippen molar-refractivity contribution in [3.05, 3.63) is 35.4 Å². The normalized spacial score (nSPS) is 18.0. The molecular weight excluding hydrogens is 212 g/mol. The van der Waals surface area contributed by atoms with Gasteiger partial charge in [-0.25, -0.2) is 0 Å². The van der Waals surface area contributed by atoms with E-state index in [-0.39, 0.29) is 5.91 Å². The highest BCUT2D eigenvalue weighted by Gasteiger charge is 2.19. The van der Waals surface area contributed by atoms with Gasteiger partial charge in [0.25, 0.3) is 5.91 Å². The maximum atomic E-state index is 12.1. The minimum Gasteiger partial charge on any atom is -0.349 e. The van der Waals surface area contributed by atoms with Crippen LogP contribution in [0.3, 0.4) is 0 Å². The average Bonchev–Trinajstić information content (AvgIpc) is 2.32. The average molecular weight is 232 g/mol. The van der Waals surface area contributed by atoms with Crippen LogP contribution >= 0.6 is 0 Å². The summed E-state index contributed by atoms with van der Waals surface area (Å²) in [6.07, 6.45) is 2.10. The molecule has 1 aliphatic rings. The van der Waals surface area contributed by atoms with E-state index in [9.17, 15) is 4.79 Å². The van der Waals surface area contributed by atoms with Crippen LogP contribution in [0.25, 0.3) is 0 Å². The van der Waals surface area contributed by atoms with Gasteiger partial charge >= 0.3 is 0 Å². The number of hydrogen-bond acceptors (Lipinski definition) is 2. The third-order valence-corrected chi connectivity index (χ3v) is 3.44. The van der Waals surface area contributed by atoms with Gasteiger partial charge in [-0.05, 0) is 51.5 Å². The Labute approximate surface area is 103 Å². The predicted octanol–water partition coefficient (Wildman–Crippen LogP) is 1.82. The molecule has 0 radical (unpaired) electrons. The van der Waals surface area contributed by atoms with Gasteiger partial charge in [-0.15, -0.1) is 0 Å². The molecule has 1 heterocycles. The highest BCUT2D eigenvalue weighted by molar-refractivity contribution is 5.95. The van der Waals surface area contributed by atoms with Crippen molar-refractivity contribution in [3.63, 3.8) is 0 Å². The molecule has 2 rings (SSSR count). The van der Waals surface area contributed by atoms with Gasteiger partial charge in [0, 0.05) is 11.6 Å². The quantitative estimate of drug-likeness (QED) is 0.843. The SMILES string of the molecule is Cc1ccccc1C(=O)NC1CCN(C)CC1. The first-order valence-corrected chi connectivity index (χ1v) is 6.22. The van der Waals surface area contributed by atoms with Gasteiger partial charge in [0.15, 0.2) is 0 Å². The molecule has 0 aliphatic carbocycles. The molecule has 0 atom stereocenters. The van der Waals surface area contributed by atoms with Crippen LogP contribution in [0.4, 0.5) is 0 Å². The maximum absolute atomic E-state index is 12.1. The number of benzene rings is 1. The maximum Gasteiger partial charge on any atom is 0.251 e. The second-order valence-corrected chi connectivity index (χ2v) is 4.87. The monoisotopic (exact) mass is 232 g/mol. The second-order valence-electron chi connectivity index (χ2n) is 4.87. The molecule has 1 aliphatic heterocycles. The van der Waals surface area contributed by atoms with Crippen LogP contribution in [-0.2, 0) is 0 Å². The molecule has 17 heavy (non-hydrogen) atoms. The van der Waals surface area contributed by atoms with Crippen LogP contribution in [0.2, 0.25) is 0 Å². The molecule has 0 spiro atoms. The van der Waals surface area contributed by atoms with Crippen molar-refractivity contribution >= 4 is 5.91 Å². The molecule has 1 aromatic carbocycles. The molecule has 1 saturated heterocycles. The van der Waals surface area contributed by atoms with E-state index in [0.717, 1.165) is 37.1 Å². The molecule has 1 fully saturated rings. The van der Waals surface area contributed by atoms with Gasteiger partial charge in [0.2, 0.25) is 0 Å². The molecule has 0 unspecified atom stereocenters. The lowest BCUT2D eigenvalue weighted by Gasteiger charge is -2.29. The molecule has 1 aromatic rings. The van der Waals surface area contributed by atoms with Crippen molar-refractivity contribution in [3.8, 4) is 0 Å². The number of rotatable bonds is 2. The highest BCUT2D eigenvalue weighted by Crippen LogP contribution is 2.11. The standard InChI is InChI=1S/C14H20N2O/c1-11-5-3-4-6-13(11)14(17)15-12-7-9-16(2)10-8-12/h3-6,12H,7-10H2,1-2H3,(H,15,17). The van der Waals surface area contributed by atoms with Gasteiger partial charge in [-0.2, -0.15) is 0 Å². The van der Waals surface area contributed by atoms with Crippen molar-refractivity contribution in [1.29, 1.82) is 0 Å². The smallest absolute Gasteiger partial charge is 0.251 e. The molecule has 3 nitrogen and oxygen atoms in total. The zero-order valence-electron chi connectivity index (χ0n) is 10.6. The summed E-state index contributed by atoms with van der Waals surface area (Å²) in [5.74, 6) is 0.0673. The minimum absolute atomic E-state index is 0.0673. The zero-order valence-corrected chi connectivity index (χ0v) is 10.6. The number of amides is 1. The molecule has 0 bridgehead atoms. The largest absolute Gasteiger partial charge is 0.349 e. The van der Waals surface area contributed by atoms with Crippen LogP contribution in [0, 0.1) is 6.92 Å². The number of aryl methyl sites for hydroxylation is 1. The van der Waals surface area contributed by atoms with E-state index in [0.29, 0.717) is 6.04 Å². The number of hydrogen-bond donors (Lipinski definition) is 1. The van der Waals surface area contributed by atoms with Crippen LogP contribution in [0.1, 0.15) is 28.8 Å². The van der Waals surface area contributed by atoms with E-state index in [4.69, 9.17) is 0 Å². The molecule has 0 saturated carbocycles. The minimum atomic E-state index is 0.0673. The second kappa shape index (κ2) is 5.32. The van der Waals surface area contributed by atoms with E-state index >= 15 is 0 Å². The number of piperidine rings is 1. The van der Waals surface area contributed by atoms with Gasteiger partial charge in [0.05, 0.1) is 0 Å². The lowest BCUT2D eigenvalue weighted by atomic mass is 10.0. The number of nitrogens with one attached hydrogen (secondary N) is 1. The van der Waals surface area contributed by atoms with Crippen molar-refractivity contribution < 1.29 is 4.79 Å². The van der Waals surface area contributed by atoms with E-state index in [1.807, 2.05) is 31.2 Å². The van der Waals surface area contributed by atoms with Crippen LogP contribution in [0.5, 0.6) is 0 Å². The number of carbonyl (C=O) groups excluding carboxylic acids is 1. The zero-order chi connectivity index (χ0) is 12.3. The molecular formula is C14H20N2O. The fraction of sp³-hybridized carbons (Fsp3) is 0.500. The number of nitrogens with zero attached hydrogens (tertiary/aromatic N) is 1.